The van der Waals surface area contributed by atoms with Crippen LogP contribution in [-0.2, 0) is 13.2 Å². The van der Waals surface area contributed by atoms with Crippen LogP contribution in [0.1, 0.15) is 11.1 Å². The van der Waals surface area contributed by atoms with E-state index in [1.165, 1.54) is 18.2 Å². The topological polar surface area (TPSA) is 64.4 Å². The first-order chi connectivity index (χ1) is 13.0. The van der Waals surface area contributed by atoms with E-state index in [1.54, 1.807) is 30.3 Å². The highest BCUT2D eigenvalue weighted by Crippen LogP contribution is 2.27. The summed E-state index contributed by atoms with van der Waals surface area (Å²) in [5.74, 6) is 0.329. The molecule has 0 aliphatic carbocycles. The van der Waals surface area contributed by atoms with Gasteiger partial charge in [0.05, 0.1) is 9.40 Å². The molecule has 138 valence electrons. The zero-order valence-corrected chi connectivity index (χ0v) is 15.8. The molecule has 5 nitrogen and oxygen atoms in total. The molecule has 27 heavy (non-hydrogen) atoms. The third-order valence-electron chi connectivity index (χ3n) is 3.91. The fraction of sp³-hybridized carbons (Fsp3) is 0.100. The lowest BCUT2D eigenvalue weighted by Gasteiger charge is -2.11. The lowest BCUT2D eigenvalue weighted by molar-refractivity contribution is -0.384. The molecule has 0 radical (unpaired) electrons. The van der Waals surface area contributed by atoms with Gasteiger partial charge in [0, 0.05) is 29.9 Å². The van der Waals surface area contributed by atoms with Crippen LogP contribution in [0.5, 0.6) is 5.75 Å². The van der Waals surface area contributed by atoms with Crippen LogP contribution in [0.25, 0.3) is 0 Å². The van der Waals surface area contributed by atoms with E-state index in [1.807, 2.05) is 18.2 Å². The number of nitrogens with zero attached hydrogens (tertiary/aromatic N) is 1. The van der Waals surface area contributed by atoms with Crippen molar-refractivity contribution in [2.45, 2.75) is 13.2 Å². The minimum absolute atomic E-state index is 0.0552. The van der Waals surface area contributed by atoms with E-state index in [4.69, 9.17) is 4.74 Å². The average Bonchev–Trinajstić information content (AvgIpc) is 2.67. The maximum absolute atomic E-state index is 13.7. The van der Waals surface area contributed by atoms with Crippen molar-refractivity contribution in [2.24, 2.45) is 0 Å². The average molecular weight is 431 g/mol. The van der Waals surface area contributed by atoms with Crippen LogP contribution in [0.15, 0.2) is 71.2 Å². The van der Waals surface area contributed by atoms with Gasteiger partial charge in [-0.3, -0.25) is 10.1 Å². The summed E-state index contributed by atoms with van der Waals surface area (Å²) in [5, 5.41) is 13.9. The predicted molar refractivity (Wildman–Crippen MR) is 105 cm³/mol. The number of non-ortho nitro benzene ring substituents is 1. The van der Waals surface area contributed by atoms with Gasteiger partial charge in [0.15, 0.2) is 0 Å². The first-order valence-corrected chi connectivity index (χ1v) is 8.95. The quantitative estimate of drug-likeness (QED) is 0.386. The van der Waals surface area contributed by atoms with Crippen LogP contribution >= 0.6 is 15.9 Å². The number of ether oxygens (including phenoxy) is 1. The molecule has 0 aliphatic rings. The number of nitro benzene ring substituents is 1. The normalized spacial score (nSPS) is 10.4. The Morgan fingerprint density at radius 1 is 1.07 bits per heavy atom. The number of nitrogens with one attached hydrogen (secondary N) is 1. The lowest BCUT2D eigenvalue weighted by Crippen LogP contribution is -2.01. The molecular weight excluding hydrogens is 415 g/mol. The monoisotopic (exact) mass is 430 g/mol. The summed E-state index contributed by atoms with van der Waals surface area (Å²) < 4.78 is 20.1. The highest BCUT2D eigenvalue weighted by Gasteiger charge is 2.07. The van der Waals surface area contributed by atoms with Crippen LogP contribution in [0.4, 0.5) is 15.8 Å². The van der Waals surface area contributed by atoms with E-state index in [2.05, 4.69) is 21.2 Å². The van der Waals surface area contributed by atoms with E-state index in [0.29, 0.717) is 17.9 Å². The minimum atomic E-state index is -0.430. The lowest BCUT2D eigenvalue weighted by atomic mass is 10.2. The van der Waals surface area contributed by atoms with Gasteiger partial charge in [0.25, 0.3) is 5.69 Å². The fourth-order valence-corrected chi connectivity index (χ4v) is 2.99. The molecule has 0 aliphatic heterocycles. The largest absolute Gasteiger partial charge is 0.488 e. The summed E-state index contributed by atoms with van der Waals surface area (Å²) >= 11 is 3.47. The van der Waals surface area contributed by atoms with Crippen LogP contribution in [0.3, 0.4) is 0 Å². The van der Waals surface area contributed by atoms with Crippen molar-refractivity contribution in [3.05, 3.63) is 98.3 Å². The molecule has 0 amide bonds. The molecule has 0 fully saturated rings. The number of anilines is 1. The van der Waals surface area contributed by atoms with E-state index in [0.717, 1.165) is 15.7 Å². The number of rotatable bonds is 7. The second-order valence-corrected chi connectivity index (χ2v) is 6.66. The van der Waals surface area contributed by atoms with Gasteiger partial charge in [-0.2, -0.15) is 0 Å². The smallest absolute Gasteiger partial charge is 0.269 e. The van der Waals surface area contributed by atoms with Gasteiger partial charge < -0.3 is 10.1 Å². The van der Waals surface area contributed by atoms with Gasteiger partial charge in [-0.1, -0.05) is 24.3 Å². The van der Waals surface area contributed by atoms with Gasteiger partial charge in [-0.05, 0) is 51.8 Å². The molecule has 1 N–H and O–H groups in total. The van der Waals surface area contributed by atoms with Gasteiger partial charge in [-0.15, -0.1) is 0 Å². The van der Waals surface area contributed by atoms with E-state index >= 15 is 0 Å². The molecule has 0 atom stereocenters. The molecule has 0 aromatic heterocycles. The molecule has 0 bridgehead atoms. The summed E-state index contributed by atoms with van der Waals surface area (Å²) in [6.07, 6.45) is 0. The minimum Gasteiger partial charge on any atom is -0.488 e. The standard InChI is InChI=1S/C20H16BrFN2O3/c21-18-11-14(12-23-16-6-8-17(9-7-16)24(25)26)5-10-20(18)27-13-15-3-1-2-4-19(15)22/h1-11,23H,12-13H2. The number of hydrogen-bond acceptors (Lipinski definition) is 4. The van der Waals surface area contributed by atoms with Crippen LogP contribution in [0.2, 0.25) is 0 Å². The Morgan fingerprint density at radius 3 is 2.48 bits per heavy atom. The Hall–Kier alpha value is -2.93. The van der Waals surface area contributed by atoms with Crippen molar-refractivity contribution in [2.75, 3.05) is 5.32 Å². The SMILES string of the molecule is O=[N+]([O-])c1ccc(NCc2ccc(OCc3ccccc3F)c(Br)c2)cc1. The Labute approximate surface area is 164 Å². The third kappa shape index (κ3) is 5.04. The van der Waals surface area contributed by atoms with E-state index < -0.39 is 4.92 Å². The highest BCUT2D eigenvalue weighted by atomic mass is 79.9. The Bertz CT molecular complexity index is 948. The number of halogens is 2. The van der Waals surface area contributed by atoms with Gasteiger partial charge in [0.2, 0.25) is 0 Å². The van der Waals surface area contributed by atoms with Crippen molar-refractivity contribution in [3.8, 4) is 5.75 Å². The number of hydrogen-bond donors (Lipinski definition) is 1. The second-order valence-electron chi connectivity index (χ2n) is 5.80. The Kier molecular flexibility index (Phi) is 6.03. The zero-order valence-electron chi connectivity index (χ0n) is 14.2. The molecule has 3 aromatic rings. The van der Waals surface area contributed by atoms with Gasteiger partial charge in [0.1, 0.15) is 18.2 Å². The highest BCUT2D eigenvalue weighted by molar-refractivity contribution is 9.10. The number of benzene rings is 3. The van der Waals surface area contributed by atoms with Crippen LogP contribution in [-0.4, -0.2) is 4.92 Å². The summed E-state index contributed by atoms with van der Waals surface area (Å²) in [6, 6.07) is 18.4. The van der Waals surface area contributed by atoms with Crippen molar-refractivity contribution >= 4 is 27.3 Å². The molecule has 0 unspecified atom stereocenters. The second kappa shape index (κ2) is 8.64. The van der Waals surface area contributed by atoms with Crippen molar-refractivity contribution < 1.29 is 14.1 Å². The van der Waals surface area contributed by atoms with E-state index in [-0.39, 0.29) is 18.1 Å². The molecule has 0 spiro atoms. The Morgan fingerprint density at radius 2 is 1.81 bits per heavy atom. The first kappa shape index (κ1) is 18.8. The van der Waals surface area contributed by atoms with Crippen LogP contribution in [0, 0.1) is 15.9 Å². The van der Waals surface area contributed by atoms with Gasteiger partial charge >= 0.3 is 0 Å². The summed E-state index contributed by atoms with van der Waals surface area (Å²) in [4.78, 5) is 10.2. The fourth-order valence-electron chi connectivity index (χ4n) is 2.45. The maximum Gasteiger partial charge on any atom is 0.269 e. The molecule has 0 saturated carbocycles. The summed E-state index contributed by atoms with van der Waals surface area (Å²) in [6.45, 7) is 0.690. The maximum atomic E-state index is 13.7. The molecule has 7 heteroatoms. The Balaban J connectivity index is 1.59. The van der Waals surface area contributed by atoms with Gasteiger partial charge in [-0.25, -0.2) is 4.39 Å². The van der Waals surface area contributed by atoms with E-state index in [9.17, 15) is 14.5 Å². The first-order valence-electron chi connectivity index (χ1n) is 8.16. The van der Waals surface area contributed by atoms with Crippen molar-refractivity contribution in [3.63, 3.8) is 0 Å². The summed E-state index contributed by atoms with van der Waals surface area (Å²) in [5.41, 5.74) is 2.34. The molecular formula is C20H16BrFN2O3. The summed E-state index contributed by atoms with van der Waals surface area (Å²) in [7, 11) is 0. The number of nitro groups is 1. The van der Waals surface area contributed by atoms with Crippen molar-refractivity contribution in [1.29, 1.82) is 0 Å². The molecule has 3 rings (SSSR count). The third-order valence-corrected chi connectivity index (χ3v) is 4.53. The molecule has 3 aromatic carbocycles. The molecule has 0 saturated heterocycles. The van der Waals surface area contributed by atoms with Crippen molar-refractivity contribution in [1.82, 2.24) is 0 Å². The predicted octanol–water partition coefficient (Wildman–Crippen LogP) is 5.69. The molecule has 0 heterocycles. The van der Waals surface area contributed by atoms with Crippen LogP contribution < -0.4 is 10.1 Å². The zero-order chi connectivity index (χ0) is 19.2.